The number of Topliss-reactive ketones (excluding diaryl/α,β-unsaturated/α-hetero) is 1. The van der Waals surface area contributed by atoms with Crippen LogP contribution >= 0.6 is 0 Å². The van der Waals surface area contributed by atoms with Crippen LogP contribution in [0.4, 0.5) is 0 Å². The summed E-state index contributed by atoms with van der Waals surface area (Å²) in [5.41, 5.74) is 1.85. The molecule has 2 atom stereocenters. The first-order chi connectivity index (χ1) is 10.8. The Labute approximate surface area is 130 Å². The highest BCUT2D eigenvalue weighted by Crippen LogP contribution is 2.29. The fourth-order valence-corrected chi connectivity index (χ4v) is 3.94. The lowest BCUT2D eigenvalue weighted by molar-refractivity contribution is -0.0846. The number of nitrogens with one attached hydrogen (secondary N) is 1. The summed E-state index contributed by atoms with van der Waals surface area (Å²) in [6.45, 7) is 2.13. The standard InChI is InChI=1S/C18H22N2O2/c21-17(14-11-19-15-6-2-1-5-13(14)15)12-20-9-10-22-18-8-4-3-7-16(18)20/h1-2,5-6,11,16,18-19H,3-4,7-10,12H2/t16-,18-/m0/s1. The number of benzene rings is 1. The second-order valence-electron chi connectivity index (χ2n) is 6.40. The van der Waals surface area contributed by atoms with Crippen LogP contribution in [0.3, 0.4) is 0 Å². The summed E-state index contributed by atoms with van der Waals surface area (Å²) in [5, 5.41) is 1.03. The molecule has 0 radical (unpaired) electrons. The van der Waals surface area contributed by atoms with Gasteiger partial charge in [0.1, 0.15) is 0 Å². The maximum atomic E-state index is 12.8. The van der Waals surface area contributed by atoms with Crippen molar-refractivity contribution in [3.05, 3.63) is 36.0 Å². The van der Waals surface area contributed by atoms with Gasteiger partial charge < -0.3 is 9.72 Å². The zero-order chi connectivity index (χ0) is 14.9. The second kappa shape index (κ2) is 5.86. The van der Waals surface area contributed by atoms with Gasteiger partial charge in [0.2, 0.25) is 0 Å². The van der Waals surface area contributed by atoms with E-state index in [2.05, 4.69) is 9.88 Å². The number of aromatic amines is 1. The number of morpholine rings is 1. The van der Waals surface area contributed by atoms with E-state index in [0.717, 1.165) is 42.5 Å². The van der Waals surface area contributed by atoms with E-state index in [-0.39, 0.29) is 5.78 Å². The molecule has 1 saturated carbocycles. The normalized spacial score (nSPS) is 26.0. The monoisotopic (exact) mass is 298 g/mol. The van der Waals surface area contributed by atoms with Gasteiger partial charge in [-0.1, -0.05) is 31.0 Å². The average Bonchev–Trinajstić information content (AvgIpc) is 2.99. The third-order valence-electron chi connectivity index (χ3n) is 5.08. The van der Waals surface area contributed by atoms with Gasteiger partial charge in [-0.25, -0.2) is 0 Å². The molecule has 1 aliphatic heterocycles. The van der Waals surface area contributed by atoms with Gasteiger partial charge in [-0.15, -0.1) is 0 Å². The first-order valence-electron chi connectivity index (χ1n) is 8.28. The SMILES string of the molecule is O=C(CN1CCO[C@H]2CCCC[C@@H]21)c1c[nH]c2ccccc12. The highest BCUT2D eigenvalue weighted by atomic mass is 16.5. The van der Waals surface area contributed by atoms with Gasteiger partial charge in [0.25, 0.3) is 0 Å². The number of nitrogens with zero attached hydrogens (tertiary/aromatic N) is 1. The van der Waals surface area contributed by atoms with Crippen molar-refractivity contribution in [1.29, 1.82) is 0 Å². The minimum atomic E-state index is 0.212. The molecule has 1 aliphatic carbocycles. The van der Waals surface area contributed by atoms with E-state index in [0.29, 0.717) is 18.7 Å². The van der Waals surface area contributed by atoms with E-state index in [4.69, 9.17) is 4.74 Å². The topological polar surface area (TPSA) is 45.3 Å². The molecule has 0 bridgehead atoms. The Hall–Kier alpha value is -1.65. The number of para-hydroxylation sites is 1. The Bertz CT molecular complexity index is 677. The van der Waals surface area contributed by atoms with Crippen molar-refractivity contribution in [3.8, 4) is 0 Å². The van der Waals surface area contributed by atoms with Crippen LogP contribution in [-0.2, 0) is 4.74 Å². The van der Waals surface area contributed by atoms with Crippen molar-refractivity contribution in [3.63, 3.8) is 0 Å². The van der Waals surface area contributed by atoms with Crippen LogP contribution in [-0.4, -0.2) is 47.5 Å². The number of carbonyl (C=O) groups excluding carboxylic acids is 1. The fraction of sp³-hybridized carbons (Fsp3) is 0.500. The second-order valence-corrected chi connectivity index (χ2v) is 6.40. The Balaban J connectivity index is 1.53. The number of H-pyrrole nitrogens is 1. The van der Waals surface area contributed by atoms with Crippen molar-refractivity contribution in [2.45, 2.75) is 37.8 Å². The third kappa shape index (κ3) is 2.46. The van der Waals surface area contributed by atoms with Crippen molar-refractivity contribution in [1.82, 2.24) is 9.88 Å². The number of ketones is 1. The first-order valence-corrected chi connectivity index (χ1v) is 8.28. The number of rotatable bonds is 3. The van der Waals surface area contributed by atoms with Crippen molar-refractivity contribution in [2.24, 2.45) is 0 Å². The minimum absolute atomic E-state index is 0.212. The number of carbonyl (C=O) groups is 1. The molecule has 2 aromatic rings. The molecule has 0 amide bonds. The summed E-state index contributed by atoms with van der Waals surface area (Å²) in [5.74, 6) is 0.212. The predicted octanol–water partition coefficient (Wildman–Crippen LogP) is 2.99. The molecule has 1 N–H and O–H groups in total. The summed E-state index contributed by atoms with van der Waals surface area (Å²) in [6, 6.07) is 8.43. The molecule has 4 heteroatoms. The lowest BCUT2D eigenvalue weighted by Gasteiger charge is -2.43. The molecule has 2 heterocycles. The van der Waals surface area contributed by atoms with Crippen molar-refractivity contribution in [2.75, 3.05) is 19.7 Å². The lowest BCUT2D eigenvalue weighted by atomic mass is 9.90. The third-order valence-corrected chi connectivity index (χ3v) is 5.08. The van der Waals surface area contributed by atoms with Crippen LogP contribution in [0.1, 0.15) is 36.0 Å². The lowest BCUT2D eigenvalue weighted by Crippen LogP contribution is -2.53. The van der Waals surface area contributed by atoms with Crippen LogP contribution in [0.15, 0.2) is 30.5 Å². The number of hydrogen-bond donors (Lipinski definition) is 1. The molecule has 1 aromatic carbocycles. The highest BCUT2D eigenvalue weighted by molar-refractivity contribution is 6.08. The maximum absolute atomic E-state index is 12.8. The molecule has 116 valence electrons. The zero-order valence-corrected chi connectivity index (χ0v) is 12.8. The van der Waals surface area contributed by atoms with E-state index in [1.54, 1.807) is 0 Å². The zero-order valence-electron chi connectivity index (χ0n) is 12.8. The van der Waals surface area contributed by atoms with Crippen molar-refractivity contribution >= 4 is 16.7 Å². The number of ether oxygens (including phenoxy) is 1. The largest absolute Gasteiger partial charge is 0.375 e. The van der Waals surface area contributed by atoms with E-state index in [1.807, 2.05) is 30.5 Å². The van der Waals surface area contributed by atoms with Crippen LogP contribution < -0.4 is 0 Å². The van der Waals surface area contributed by atoms with E-state index < -0.39 is 0 Å². The molecule has 1 aromatic heterocycles. The summed E-state index contributed by atoms with van der Waals surface area (Å²) in [7, 11) is 0. The number of aromatic nitrogens is 1. The predicted molar refractivity (Wildman–Crippen MR) is 86.2 cm³/mol. The summed E-state index contributed by atoms with van der Waals surface area (Å²) in [6.07, 6.45) is 6.99. The van der Waals surface area contributed by atoms with Crippen LogP contribution in [0.5, 0.6) is 0 Å². The fourth-order valence-electron chi connectivity index (χ4n) is 3.94. The molecule has 2 fully saturated rings. The first kappa shape index (κ1) is 14.0. The summed E-state index contributed by atoms with van der Waals surface area (Å²) < 4.78 is 5.90. The molecule has 0 spiro atoms. The van der Waals surface area contributed by atoms with Crippen LogP contribution in [0.25, 0.3) is 10.9 Å². The van der Waals surface area contributed by atoms with Crippen LogP contribution in [0, 0.1) is 0 Å². The van der Waals surface area contributed by atoms with Gasteiger partial charge in [0.15, 0.2) is 5.78 Å². The van der Waals surface area contributed by atoms with Gasteiger partial charge in [0, 0.05) is 35.2 Å². The molecule has 2 aliphatic rings. The van der Waals surface area contributed by atoms with Gasteiger partial charge in [-0.2, -0.15) is 0 Å². The highest BCUT2D eigenvalue weighted by Gasteiger charge is 2.35. The molecule has 0 unspecified atom stereocenters. The quantitative estimate of drug-likeness (QED) is 0.886. The average molecular weight is 298 g/mol. The van der Waals surface area contributed by atoms with Gasteiger partial charge in [-0.05, 0) is 18.9 Å². The van der Waals surface area contributed by atoms with Gasteiger partial charge in [0.05, 0.1) is 19.3 Å². The Morgan fingerprint density at radius 1 is 1.27 bits per heavy atom. The molecule has 1 saturated heterocycles. The number of fused-ring (bicyclic) bond motifs is 2. The number of hydrogen-bond acceptors (Lipinski definition) is 3. The van der Waals surface area contributed by atoms with Crippen LogP contribution in [0.2, 0.25) is 0 Å². The molecule has 4 rings (SSSR count). The molecule has 4 nitrogen and oxygen atoms in total. The Morgan fingerprint density at radius 2 is 2.14 bits per heavy atom. The Morgan fingerprint density at radius 3 is 3.09 bits per heavy atom. The van der Waals surface area contributed by atoms with Gasteiger partial charge in [-0.3, -0.25) is 9.69 Å². The van der Waals surface area contributed by atoms with Gasteiger partial charge >= 0.3 is 0 Å². The van der Waals surface area contributed by atoms with Crippen molar-refractivity contribution < 1.29 is 9.53 Å². The molecular formula is C18H22N2O2. The summed E-state index contributed by atoms with van der Waals surface area (Å²) >= 11 is 0. The van der Waals surface area contributed by atoms with E-state index >= 15 is 0 Å². The van der Waals surface area contributed by atoms with E-state index in [1.165, 1.54) is 12.8 Å². The Kier molecular flexibility index (Phi) is 3.72. The smallest absolute Gasteiger partial charge is 0.178 e. The molecular weight excluding hydrogens is 276 g/mol. The van der Waals surface area contributed by atoms with E-state index in [9.17, 15) is 4.79 Å². The maximum Gasteiger partial charge on any atom is 0.178 e. The minimum Gasteiger partial charge on any atom is -0.375 e. The molecule has 22 heavy (non-hydrogen) atoms. The summed E-state index contributed by atoms with van der Waals surface area (Å²) in [4.78, 5) is 18.3.